The molecule has 0 aromatic carbocycles. The second-order valence-electron chi connectivity index (χ2n) is 3.99. The Balaban J connectivity index is 2.83. The summed E-state index contributed by atoms with van der Waals surface area (Å²) in [7, 11) is 0. The van der Waals surface area contributed by atoms with Crippen molar-refractivity contribution in [3.05, 3.63) is 27.9 Å². The molecule has 1 rings (SSSR count). The molecule has 0 aliphatic rings. The number of pyridine rings is 1. The van der Waals surface area contributed by atoms with Crippen LogP contribution in [-0.4, -0.2) is 27.7 Å². The minimum Gasteiger partial charge on any atom is -0.396 e. The van der Waals surface area contributed by atoms with Crippen LogP contribution in [0, 0.1) is 17.0 Å². The summed E-state index contributed by atoms with van der Waals surface area (Å²) in [4.78, 5) is 14.5. The molecule has 1 heterocycles. The van der Waals surface area contributed by atoms with Gasteiger partial charge in [0.2, 0.25) is 5.82 Å². The summed E-state index contributed by atoms with van der Waals surface area (Å²) >= 11 is 0. The van der Waals surface area contributed by atoms with Crippen LogP contribution in [-0.2, 0) is 0 Å². The minimum atomic E-state index is -0.427. The Morgan fingerprint density at radius 1 is 1.65 bits per heavy atom. The van der Waals surface area contributed by atoms with Crippen molar-refractivity contribution in [2.24, 2.45) is 0 Å². The molecule has 0 radical (unpaired) electrons. The molecular weight excluding hydrogens is 222 g/mol. The van der Waals surface area contributed by atoms with Crippen molar-refractivity contribution in [1.82, 2.24) is 4.98 Å². The normalized spacial score (nSPS) is 12.2. The minimum absolute atomic E-state index is 0.0170. The maximum Gasteiger partial charge on any atom is 0.314 e. The SMILES string of the molecule is Cc1ccnc(NC(C)CCCO)c1[N+](=O)[O-]. The number of hydrogen-bond acceptors (Lipinski definition) is 5. The average molecular weight is 239 g/mol. The van der Waals surface area contributed by atoms with Gasteiger partial charge in [-0.1, -0.05) is 0 Å². The Morgan fingerprint density at radius 3 is 2.94 bits per heavy atom. The lowest BCUT2D eigenvalue weighted by atomic mass is 10.2. The van der Waals surface area contributed by atoms with Crippen molar-refractivity contribution >= 4 is 11.5 Å². The van der Waals surface area contributed by atoms with Crippen LogP contribution in [0.3, 0.4) is 0 Å². The highest BCUT2D eigenvalue weighted by Gasteiger charge is 2.19. The molecule has 94 valence electrons. The molecule has 1 aromatic heterocycles. The molecule has 6 heteroatoms. The smallest absolute Gasteiger partial charge is 0.314 e. The van der Waals surface area contributed by atoms with Gasteiger partial charge in [-0.2, -0.15) is 0 Å². The van der Waals surface area contributed by atoms with Gasteiger partial charge in [0.05, 0.1) is 4.92 Å². The predicted octanol–water partition coefficient (Wildman–Crippen LogP) is 1.87. The largest absolute Gasteiger partial charge is 0.396 e. The monoisotopic (exact) mass is 239 g/mol. The van der Waals surface area contributed by atoms with E-state index in [2.05, 4.69) is 10.3 Å². The van der Waals surface area contributed by atoms with E-state index in [9.17, 15) is 10.1 Å². The van der Waals surface area contributed by atoms with E-state index in [1.807, 2.05) is 6.92 Å². The zero-order valence-corrected chi connectivity index (χ0v) is 10.0. The fourth-order valence-electron chi connectivity index (χ4n) is 1.59. The van der Waals surface area contributed by atoms with Crippen LogP contribution >= 0.6 is 0 Å². The number of rotatable bonds is 6. The molecule has 0 aliphatic carbocycles. The molecule has 0 spiro atoms. The summed E-state index contributed by atoms with van der Waals surface area (Å²) in [6.45, 7) is 3.71. The lowest BCUT2D eigenvalue weighted by Crippen LogP contribution is -2.17. The zero-order valence-electron chi connectivity index (χ0n) is 10.0. The van der Waals surface area contributed by atoms with Gasteiger partial charge in [-0.3, -0.25) is 10.1 Å². The summed E-state index contributed by atoms with van der Waals surface area (Å²) < 4.78 is 0. The first-order valence-corrected chi connectivity index (χ1v) is 5.53. The van der Waals surface area contributed by atoms with Crippen LogP contribution in [0.1, 0.15) is 25.3 Å². The van der Waals surface area contributed by atoms with Crippen molar-refractivity contribution < 1.29 is 10.0 Å². The molecule has 0 amide bonds. The van der Waals surface area contributed by atoms with Crippen LogP contribution < -0.4 is 5.32 Å². The Hall–Kier alpha value is -1.69. The highest BCUT2D eigenvalue weighted by molar-refractivity contribution is 5.60. The van der Waals surface area contributed by atoms with Gasteiger partial charge in [0, 0.05) is 24.4 Å². The van der Waals surface area contributed by atoms with Crippen molar-refractivity contribution in [3.8, 4) is 0 Å². The number of nitrogens with zero attached hydrogens (tertiary/aromatic N) is 2. The standard InChI is InChI=1S/C11H17N3O3/c1-8-5-6-12-11(10(8)14(16)17)13-9(2)4-3-7-15/h5-6,9,15H,3-4,7H2,1-2H3,(H,12,13). The molecule has 1 atom stereocenters. The third kappa shape index (κ3) is 3.67. The lowest BCUT2D eigenvalue weighted by Gasteiger charge is -2.14. The Kier molecular flexibility index (Phi) is 4.84. The summed E-state index contributed by atoms with van der Waals surface area (Å²) in [5.41, 5.74) is 0.602. The van der Waals surface area contributed by atoms with Crippen LogP contribution in [0.15, 0.2) is 12.3 Å². The fourth-order valence-corrected chi connectivity index (χ4v) is 1.59. The van der Waals surface area contributed by atoms with Crippen molar-refractivity contribution in [3.63, 3.8) is 0 Å². The van der Waals surface area contributed by atoms with Crippen molar-refractivity contribution in [1.29, 1.82) is 0 Å². The molecule has 17 heavy (non-hydrogen) atoms. The number of nitrogens with one attached hydrogen (secondary N) is 1. The Morgan fingerprint density at radius 2 is 2.35 bits per heavy atom. The van der Waals surface area contributed by atoms with E-state index in [-0.39, 0.29) is 18.3 Å². The Bertz CT molecular complexity index is 396. The van der Waals surface area contributed by atoms with E-state index >= 15 is 0 Å². The first-order valence-electron chi connectivity index (χ1n) is 5.53. The molecule has 0 bridgehead atoms. The van der Waals surface area contributed by atoms with Gasteiger partial charge >= 0.3 is 5.69 Å². The molecule has 0 saturated carbocycles. The number of aliphatic hydroxyl groups is 1. The molecule has 0 aliphatic heterocycles. The summed E-state index contributed by atoms with van der Waals surface area (Å²) in [6.07, 6.45) is 2.94. The van der Waals surface area contributed by atoms with E-state index in [0.717, 1.165) is 6.42 Å². The number of hydrogen-bond donors (Lipinski definition) is 2. The molecule has 2 N–H and O–H groups in total. The Labute approximate surface area is 99.8 Å². The lowest BCUT2D eigenvalue weighted by molar-refractivity contribution is -0.384. The average Bonchev–Trinajstić information content (AvgIpc) is 2.25. The van der Waals surface area contributed by atoms with Gasteiger partial charge in [-0.05, 0) is 32.8 Å². The number of aryl methyl sites for hydroxylation is 1. The van der Waals surface area contributed by atoms with Gasteiger partial charge in [0.1, 0.15) is 0 Å². The third-order valence-corrected chi connectivity index (χ3v) is 2.49. The highest BCUT2D eigenvalue weighted by Crippen LogP contribution is 2.26. The van der Waals surface area contributed by atoms with E-state index in [0.29, 0.717) is 17.8 Å². The molecule has 0 saturated heterocycles. The molecule has 6 nitrogen and oxygen atoms in total. The van der Waals surface area contributed by atoms with Crippen molar-refractivity contribution in [2.75, 3.05) is 11.9 Å². The first-order chi connectivity index (χ1) is 8.06. The number of nitro groups is 1. The van der Waals surface area contributed by atoms with E-state index in [1.54, 1.807) is 19.2 Å². The number of aromatic nitrogens is 1. The second kappa shape index (κ2) is 6.15. The molecule has 1 unspecified atom stereocenters. The quantitative estimate of drug-likeness (QED) is 0.584. The van der Waals surface area contributed by atoms with Crippen molar-refractivity contribution in [2.45, 2.75) is 32.7 Å². The molecule has 0 fully saturated rings. The maximum absolute atomic E-state index is 10.9. The molecule has 1 aromatic rings. The summed E-state index contributed by atoms with van der Waals surface area (Å²) in [5.74, 6) is 0.292. The zero-order chi connectivity index (χ0) is 12.8. The van der Waals surface area contributed by atoms with Gasteiger partial charge in [-0.25, -0.2) is 4.98 Å². The van der Waals surface area contributed by atoms with Crippen LogP contribution in [0.5, 0.6) is 0 Å². The van der Waals surface area contributed by atoms with E-state index in [4.69, 9.17) is 5.11 Å². The van der Waals surface area contributed by atoms with E-state index in [1.165, 1.54) is 0 Å². The van der Waals surface area contributed by atoms with Crippen LogP contribution in [0.25, 0.3) is 0 Å². The number of aliphatic hydroxyl groups excluding tert-OH is 1. The van der Waals surface area contributed by atoms with Gasteiger partial charge < -0.3 is 10.4 Å². The highest BCUT2D eigenvalue weighted by atomic mass is 16.6. The molecular formula is C11H17N3O3. The van der Waals surface area contributed by atoms with E-state index < -0.39 is 4.92 Å². The van der Waals surface area contributed by atoms with Crippen LogP contribution in [0.4, 0.5) is 11.5 Å². The van der Waals surface area contributed by atoms with Gasteiger partial charge in [0.25, 0.3) is 0 Å². The topological polar surface area (TPSA) is 88.3 Å². The third-order valence-electron chi connectivity index (χ3n) is 2.49. The summed E-state index contributed by atoms with van der Waals surface area (Å²) in [6, 6.07) is 1.65. The fraction of sp³-hybridized carbons (Fsp3) is 0.545. The maximum atomic E-state index is 10.9. The van der Waals surface area contributed by atoms with Gasteiger partial charge in [0.15, 0.2) is 0 Å². The first kappa shape index (κ1) is 13.4. The van der Waals surface area contributed by atoms with Crippen LogP contribution in [0.2, 0.25) is 0 Å². The predicted molar refractivity (Wildman–Crippen MR) is 65.0 cm³/mol. The van der Waals surface area contributed by atoms with Gasteiger partial charge in [-0.15, -0.1) is 0 Å². The second-order valence-corrected chi connectivity index (χ2v) is 3.99. The summed E-state index contributed by atoms with van der Waals surface area (Å²) in [5, 5.41) is 22.6. The number of anilines is 1.